The normalized spacial score (nSPS) is 24.7. The standard InChI is InChI=1S/C9H16N2O5/c1-16-5-3-10-6-2-4-11(9(14)15)7(6)8(12)13/h6-7,10H,2-5H2,1H3,(H,12,13)(H,14,15)/t6-,7+/m1/s1. The number of rotatable bonds is 5. The van der Waals surface area contributed by atoms with Gasteiger partial charge in [-0.3, -0.25) is 4.90 Å². The van der Waals surface area contributed by atoms with Crippen molar-refractivity contribution in [3.8, 4) is 0 Å². The van der Waals surface area contributed by atoms with Gasteiger partial charge in [-0.05, 0) is 6.42 Å². The topological polar surface area (TPSA) is 99.1 Å². The number of nitrogens with one attached hydrogen (secondary N) is 1. The summed E-state index contributed by atoms with van der Waals surface area (Å²) in [6.45, 7) is 1.23. The van der Waals surface area contributed by atoms with Gasteiger partial charge in [0.2, 0.25) is 0 Å². The van der Waals surface area contributed by atoms with Crippen molar-refractivity contribution in [2.45, 2.75) is 18.5 Å². The number of carboxylic acid groups (broad SMARTS) is 2. The fourth-order valence-electron chi connectivity index (χ4n) is 1.87. The van der Waals surface area contributed by atoms with Crippen LogP contribution in [0.5, 0.6) is 0 Å². The average Bonchev–Trinajstić information content (AvgIpc) is 2.62. The highest BCUT2D eigenvalue weighted by Crippen LogP contribution is 2.18. The van der Waals surface area contributed by atoms with Crippen LogP contribution in [0.1, 0.15) is 6.42 Å². The van der Waals surface area contributed by atoms with Gasteiger partial charge in [-0.2, -0.15) is 0 Å². The highest BCUT2D eigenvalue weighted by atomic mass is 16.5. The van der Waals surface area contributed by atoms with E-state index in [0.717, 1.165) is 4.90 Å². The van der Waals surface area contributed by atoms with Gasteiger partial charge in [0.1, 0.15) is 6.04 Å². The van der Waals surface area contributed by atoms with E-state index in [1.165, 1.54) is 0 Å². The minimum atomic E-state index is -1.19. The Balaban J connectivity index is 2.57. The Labute approximate surface area is 93.0 Å². The third kappa shape index (κ3) is 2.83. The molecule has 7 nitrogen and oxygen atoms in total. The number of carboxylic acids is 1. The maximum absolute atomic E-state index is 11.0. The third-order valence-electron chi connectivity index (χ3n) is 2.61. The van der Waals surface area contributed by atoms with Gasteiger partial charge in [0.25, 0.3) is 0 Å². The molecule has 0 aromatic heterocycles. The number of methoxy groups -OCH3 is 1. The van der Waals surface area contributed by atoms with E-state index in [-0.39, 0.29) is 12.6 Å². The number of hydrogen-bond donors (Lipinski definition) is 3. The largest absolute Gasteiger partial charge is 0.480 e. The number of aliphatic carboxylic acids is 1. The van der Waals surface area contributed by atoms with Crippen LogP contribution in [0.4, 0.5) is 4.79 Å². The van der Waals surface area contributed by atoms with Crippen LogP contribution in [-0.2, 0) is 9.53 Å². The van der Waals surface area contributed by atoms with Gasteiger partial charge >= 0.3 is 12.1 Å². The number of likely N-dealkylation sites (tertiary alicyclic amines) is 1. The molecule has 1 aliphatic rings. The Bertz CT molecular complexity index is 271. The van der Waals surface area contributed by atoms with E-state index in [1.807, 2.05) is 0 Å². The molecule has 0 bridgehead atoms. The molecule has 16 heavy (non-hydrogen) atoms. The summed E-state index contributed by atoms with van der Waals surface area (Å²) in [5.74, 6) is -1.12. The predicted octanol–water partition coefficient (Wildman–Crippen LogP) is -0.572. The highest BCUT2D eigenvalue weighted by Gasteiger charge is 2.41. The molecule has 0 aliphatic carbocycles. The maximum Gasteiger partial charge on any atom is 0.408 e. The van der Waals surface area contributed by atoms with Crippen molar-refractivity contribution in [2.75, 3.05) is 26.8 Å². The Morgan fingerprint density at radius 3 is 2.69 bits per heavy atom. The Kier molecular flexibility index (Phi) is 4.51. The van der Waals surface area contributed by atoms with Gasteiger partial charge in [-0.15, -0.1) is 0 Å². The molecular weight excluding hydrogens is 216 g/mol. The van der Waals surface area contributed by atoms with Crippen molar-refractivity contribution < 1.29 is 24.5 Å². The first kappa shape index (κ1) is 12.7. The zero-order valence-corrected chi connectivity index (χ0v) is 9.05. The van der Waals surface area contributed by atoms with Gasteiger partial charge in [0.05, 0.1) is 6.61 Å². The number of hydrogen-bond acceptors (Lipinski definition) is 4. The van der Waals surface area contributed by atoms with Crippen LogP contribution in [0.3, 0.4) is 0 Å². The zero-order chi connectivity index (χ0) is 12.1. The molecule has 2 atom stereocenters. The molecule has 1 amide bonds. The van der Waals surface area contributed by atoms with Crippen molar-refractivity contribution in [3.05, 3.63) is 0 Å². The zero-order valence-electron chi connectivity index (χ0n) is 9.05. The minimum absolute atomic E-state index is 0.247. The molecular formula is C9H16N2O5. The summed E-state index contributed by atoms with van der Waals surface area (Å²) >= 11 is 0. The van der Waals surface area contributed by atoms with Crippen molar-refractivity contribution in [1.29, 1.82) is 0 Å². The summed E-state index contributed by atoms with van der Waals surface area (Å²) in [7, 11) is 1.55. The molecule has 3 N–H and O–H groups in total. The number of carbonyl (C=O) groups is 2. The van der Waals surface area contributed by atoms with Crippen LogP contribution in [-0.4, -0.2) is 66.1 Å². The quantitative estimate of drug-likeness (QED) is 0.549. The molecule has 1 fully saturated rings. The van der Waals surface area contributed by atoms with Crippen LogP contribution in [0.2, 0.25) is 0 Å². The monoisotopic (exact) mass is 232 g/mol. The lowest BCUT2D eigenvalue weighted by Crippen LogP contribution is -2.49. The molecule has 1 saturated heterocycles. The van der Waals surface area contributed by atoms with E-state index in [9.17, 15) is 9.59 Å². The molecule has 0 aromatic carbocycles. The van der Waals surface area contributed by atoms with Gasteiger partial charge < -0.3 is 20.3 Å². The van der Waals surface area contributed by atoms with E-state index in [4.69, 9.17) is 14.9 Å². The lowest BCUT2D eigenvalue weighted by Gasteiger charge is -2.22. The minimum Gasteiger partial charge on any atom is -0.480 e. The molecule has 0 saturated carbocycles. The summed E-state index contributed by atoms with van der Waals surface area (Å²) < 4.78 is 4.83. The van der Waals surface area contributed by atoms with E-state index >= 15 is 0 Å². The van der Waals surface area contributed by atoms with Crippen LogP contribution in [0.25, 0.3) is 0 Å². The lowest BCUT2D eigenvalue weighted by molar-refractivity contribution is -0.142. The number of nitrogens with zero attached hydrogens (tertiary/aromatic N) is 1. The van der Waals surface area contributed by atoms with Gasteiger partial charge in [-0.1, -0.05) is 0 Å². The van der Waals surface area contributed by atoms with Crippen molar-refractivity contribution >= 4 is 12.1 Å². The smallest absolute Gasteiger partial charge is 0.408 e. The first-order chi connectivity index (χ1) is 7.57. The molecule has 1 rings (SSSR count). The molecule has 0 spiro atoms. The molecule has 1 heterocycles. The van der Waals surface area contributed by atoms with Crippen molar-refractivity contribution in [3.63, 3.8) is 0 Å². The summed E-state index contributed by atoms with van der Waals surface area (Å²) in [6, 6.07) is -1.35. The molecule has 1 aliphatic heterocycles. The van der Waals surface area contributed by atoms with E-state index in [1.54, 1.807) is 7.11 Å². The van der Waals surface area contributed by atoms with Gasteiger partial charge in [0, 0.05) is 26.2 Å². The summed E-state index contributed by atoms with van der Waals surface area (Å²) in [6.07, 6.45) is -0.684. The molecule has 0 radical (unpaired) electrons. The molecule has 0 aromatic rings. The third-order valence-corrected chi connectivity index (χ3v) is 2.61. The van der Waals surface area contributed by atoms with E-state index in [0.29, 0.717) is 19.6 Å². The Morgan fingerprint density at radius 1 is 1.50 bits per heavy atom. The second-order valence-electron chi connectivity index (χ2n) is 3.60. The Morgan fingerprint density at radius 2 is 2.19 bits per heavy atom. The summed E-state index contributed by atoms with van der Waals surface area (Å²) in [5, 5.41) is 20.8. The SMILES string of the molecule is COCCN[C@@H]1CCN(C(=O)O)[C@@H]1C(=O)O. The number of ether oxygens (including phenoxy) is 1. The maximum atomic E-state index is 11.0. The van der Waals surface area contributed by atoms with E-state index < -0.39 is 18.1 Å². The van der Waals surface area contributed by atoms with Crippen LogP contribution < -0.4 is 5.32 Å². The van der Waals surface area contributed by atoms with Crippen LogP contribution >= 0.6 is 0 Å². The first-order valence-electron chi connectivity index (χ1n) is 5.02. The van der Waals surface area contributed by atoms with Crippen LogP contribution in [0.15, 0.2) is 0 Å². The predicted molar refractivity (Wildman–Crippen MR) is 54.4 cm³/mol. The first-order valence-corrected chi connectivity index (χ1v) is 5.02. The molecule has 0 unspecified atom stereocenters. The Hall–Kier alpha value is -1.34. The fraction of sp³-hybridized carbons (Fsp3) is 0.778. The van der Waals surface area contributed by atoms with Crippen molar-refractivity contribution in [1.82, 2.24) is 10.2 Å². The second-order valence-corrected chi connectivity index (χ2v) is 3.60. The molecule has 7 heteroatoms. The average molecular weight is 232 g/mol. The summed E-state index contributed by atoms with van der Waals surface area (Å²) in [5.41, 5.74) is 0. The van der Waals surface area contributed by atoms with Gasteiger partial charge in [0.15, 0.2) is 0 Å². The molecule has 92 valence electrons. The fourth-order valence-corrected chi connectivity index (χ4v) is 1.87. The van der Waals surface area contributed by atoms with Crippen molar-refractivity contribution in [2.24, 2.45) is 0 Å². The number of amides is 1. The van der Waals surface area contributed by atoms with Crippen LogP contribution in [0, 0.1) is 0 Å². The van der Waals surface area contributed by atoms with E-state index in [2.05, 4.69) is 5.32 Å². The highest BCUT2D eigenvalue weighted by molar-refractivity contribution is 5.81. The second kappa shape index (κ2) is 5.66. The lowest BCUT2D eigenvalue weighted by atomic mass is 10.1. The van der Waals surface area contributed by atoms with Gasteiger partial charge in [-0.25, -0.2) is 9.59 Å². The summed E-state index contributed by atoms with van der Waals surface area (Å²) in [4.78, 5) is 22.7.